The largest absolute Gasteiger partial charge is 0.497 e. The number of ether oxygens (including phenoxy) is 2. The van der Waals surface area contributed by atoms with Gasteiger partial charge in [-0.05, 0) is 38.0 Å². The van der Waals surface area contributed by atoms with Crippen molar-refractivity contribution in [1.29, 1.82) is 0 Å². The van der Waals surface area contributed by atoms with Crippen LogP contribution in [0.4, 0.5) is 0 Å². The summed E-state index contributed by atoms with van der Waals surface area (Å²) in [6, 6.07) is 8.34. The number of hydrogen-bond donors (Lipinski definition) is 0. The molecule has 0 N–H and O–H groups in total. The molecule has 3 nitrogen and oxygen atoms in total. The number of morpholine rings is 1. The summed E-state index contributed by atoms with van der Waals surface area (Å²) < 4.78 is 10.9. The molecule has 1 saturated heterocycles. The van der Waals surface area contributed by atoms with E-state index in [1.807, 2.05) is 12.1 Å². The molecule has 0 aromatic heterocycles. The zero-order chi connectivity index (χ0) is 13.0. The Hall–Kier alpha value is -1.06. The van der Waals surface area contributed by atoms with Gasteiger partial charge in [-0.3, -0.25) is 4.90 Å². The lowest BCUT2D eigenvalue weighted by Crippen LogP contribution is -2.48. The maximum absolute atomic E-state index is 5.72. The number of rotatable bonds is 4. The number of nitrogens with zero attached hydrogens (tertiary/aromatic N) is 1. The Morgan fingerprint density at radius 1 is 1.28 bits per heavy atom. The van der Waals surface area contributed by atoms with Gasteiger partial charge >= 0.3 is 0 Å². The molecule has 2 rings (SSSR count). The fraction of sp³-hybridized carbons (Fsp3) is 0.600. The van der Waals surface area contributed by atoms with Crippen molar-refractivity contribution in [2.75, 3.05) is 33.4 Å². The van der Waals surface area contributed by atoms with E-state index >= 15 is 0 Å². The van der Waals surface area contributed by atoms with Gasteiger partial charge in [0.2, 0.25) is 0 Å². The molecule has 1 heterocycles. The van der Waals surface area contributed by atoms with Crippen LogP contribution in [0.15, 0.2) is 24.3 Å². The Kier molecular flexibility index (Phi) is 4.25. The van der Waals surface area contributed by atoms with Crippen LogP contribution in [0, 0.1) is 0 Å². The molecule has 18 heavy (non-hydrogen) atoms. The molecule has 0 amide bonds. The molecule has 0 saturated carbocycles. The van der Waals surface area contributed by atoms with Crippen molar-refractivity contribution < 1.29 is 9.47 Å². The maximum atomic E-state index is 5.72. The van der Waals surface area contributed by atoms with E-state index in [9.17, 15) is 0 Å². The Bertz CT molecular complexity index is 373. The summed E-state index contributed by atoms with van der Waals surface area (Å²) in [5, 5.41) is 0. The Morgan fingerprint density at radius 2 is 2.00 bits per heavy atom. The second-order valence-electron chi connectivity index (χ2n) is 5.48. The number of methoxy groups -OCH3 is 1. The summed E-state index contributed by atoms with van der Waals surface area (Å²) in [6.45, 7) is 8.32. The van der Waals surface area contributed by atoms with Crippen molar-refractivity contribution in [3.05, 3.63) is 29.8 Å². The molecule has 100 valence electrons. The highest BCUT2D eigenvalue weighted by Crippen LogP contribution is 2.17. The van der Waals surface area contributed by atoms with Crippen LogP contribution in [0.25, 0.3) is 0 Å². The van der Waals surface area contributed by atoms with Crippen LogP contribution >= 0.6 is 0 Å². The second-order valence-corrected chi connectivity index (χ2v) is 5.48. The van der Waals surface area contributed by atoms with E-state index < -0.39 is 0 Å². The van der Waals surface area contributed by atoms with Gasteiger partial charge in [0.25, 0.3) is 0 Å². The van der Waals surface area contributed by atoms with Gasteiger partial charge in [-0.25, -0.2) is 0 Å². The van der Waals surface area contributed by atoms with Crippen LogP contribution in [0.2, 0.25) is 0 Å². The van der Waals surface area contributed by atoms with E-state index in [0.29, 0.717) is 0 Å². The Labute approximate surface area is 110 Å². The summed E-state index contributed by atoms with van der Waals surface area (Å²) in [7, 11) is 1.70. The quantitative estimate of drug-likeness (QED) is 0.817. The number of hydrogen-bond acceptors (Lipinski definition) is 3. The summed E-state index contributed by atoms with van der Waals surface area (Å²) in [5.74, 6) is 0.922. The molecule has 0 radical (unpaired) electrons. The molecule has 1 aliphatic rings. The average molecular weight is 249 g/mol. The summed E-state index contributed by atoms with van der Waals surface area (Å²) in [5.41, 5.74) is 1.36. The lowest BCUT2D eigenvalue weighted by Gasteiger charge is -2.38. The summed E-state index contributed by atoms with van der Waals surface area (Å²) >= 11 is 0. The van der Waals surface area contributed by atoms with Crippen LogP contribution in [-0.2, 0) is 11.2 Å². The van der Waals surface area contributed by atoms with Crippen molar-refractivity contribution in [1.82, 2.24) is 4.90 Å². The van der Waals surface area contributed by atoms with Crippen molar-refractivity contribution in [2.24, 2.45) is 0 Å². The number of benzene rings is 1. The zero-order valence-corrected chi connectivity index (χ0v) is 11.6. The van der Waals surface area contributed by atoms with Crippen molar-refractivity contribution >= 4 is 0 Å². The van der Waals surface area contributed by atoms with E-state index in [0.717, 1.165) is 38.4 Å². The third-order valence-electron chi connectivity index (χ3n) is 3.38. The van der Waals surface area contributed by atoms with E-state index in [1.165, 1.54) is 5.56 Å². The Balaban J connectivity index is 1.83. The van der Waals surface area contributed by atoms with E-state index in [1.54, 1.807) is 7.11 Å². The van der Waals surface area contributed by atoms with Crippen LogP contribution in [0.1, 0.15) is 19.4 Å². The third kappa shape index (κ3) is 3.72. The molecule has 0 aliphatic carbocycles. The monoisotopic (exact) mass is 249 g/mol. The van der Waals surface area contributed by atoms with Gasteiger partial charge in [0.05, 0.1) is 19.3 Å². The van der Waals surface area contributed by atoms with Crippen molar-refractivity contribution in [3.63, 3.8) is 0 Å². The van der Waals surface area contributed by atoms with E-state index in [2.05, 4.69) is 30.9 Å². The van der Waals surface area contributed by atoms with E-state index in [-0.39, 0.29) is 5.60 Å². The average Bonchev–Trinajstić information content (AvgIpc) is 2.36. The molecule has 1 fully saturated rings. The first-order valence-corrected chi connectivity index (χ1v) is 6.58. The zero-order valence-electron chi connectivity index (χ0n) is 11.6. The highest BCUT2D eigenvalue weighted by atomic mass is 16.5. The predicted octanol–water partition coefficient (Wildman–Crippen LogP) is 2.35. The maximum Gasteiger partial charge on any atom is 0.118 e. The van der Waals surface area contributed by atoms with Gasteiger partial charge in [-0.15, -0.1) is 0 Å². The minimum Gasteiger partial charge on any atom is -0.497 e. The molecule has 0 bridgehead atoms. The molecule has 0 unspecified atom stereocenters. The van der Waals surface area contributed by atoms with Crippen molar-refractivity contribution in [2.45, 2.75) is 25.9 Å². The lowest BCUT2D eigenvalue weighted by molar-refractivity contribution is -0.0855. The molecule has 1 aromatic rings. The molecular weight excluding hydrogens is 226 g/mol. The van der Waals surface area contributed by atoms with Crippen LogP contribution in [-0.4, -0.2) is 43.9 Å². The highest BCUT2D eigenvalue weighted by molar-refractivity contribution is 5.27. The van der Waals surface area contributed by atoms with Crippen LogP contribution in [0.3, 0.4) is 0 Å². The second kappa shape index (κ2) is 5.72. The predicted molar refractivity (Wildman–Crippen MR) is 73.2 cm³/mol. The molecule has 0 atom stereocenters. The first-order chi connectivity index (χ1) is 8.59. The molecular formula is C15H23NO2. The van der Waals surface area contributed by atoms with Gasteiger partial charge < -0.3 is 9.47 Å². The molecule has 1 aromatic carbocycles. The SMILES string of the molecule is COc1ccc(CCN2CCOC(C)(C)C2)cc1. The topological polar surface area (TPSA) is 21.7 Å². The van der Waals surface area contributed by atoms with Gasteiger partial charge in [0, 0.05) is 19.6 Å². The summed E-state index contributed by atoms with van der Waals surface area (Å²) in [4.78, 5) is 2.48. The molecule has 3 heteroatoms. The fourth-order valence-electron chi connectivity index (χ4n) is 2.38. The minimum absolute atomic E-state index is 0.00183. The normalized spacial score (nSPS) is 19.7. The molecule has 0 spiro atoms. The first-order valence-electron chi connectivity index (χ1n) is 6.58. The fourth-order valence-corrected chi connectivity index (χ4v) is 2.38. The lowest BCUT2D eigenvalue weighted by atomic mass is 10.1. The minimum atomic E-state index is -0.00183. The van der Waals surface area contributed by atoms with Crippen molar-refractivity contribution in [3.8, 4) is 5.75 Å². The molecule has 1 aliphatic heterocycles. The van der Waals surface area contributed by atoms with Gasteiger partial charge in [-0.1, -0.05) is 12.1 Å². The summed E-state index contributed by atoms with van der Waals surface area (Å²) in [6.07, 6.45) is 1.08. The van der Waals surface area contributed by atoms with Gasteiger partial charge in [-0.2, -0.15) is 0 Å². The van der Waals surface area contributed by atoms with E-state index in [4.69, 9.17) is 9.47 Å². The van der Waals surface area contributed by atoms with Gasteiger partial charge in [0.15, 0.2) is 0 Å². The third-order valence-corrected chi connectivity index (χ3v) is 3.38. The van der Waals surface area contributed by atoms with Crippen LogP contribution < -0.4 is 4.74 Å². The smallest absolute Gasteiger partial charge is 0.118 e. The first kappa shape index (κ1) is 13.4. The van der Waals surface area contributed by atoms with Gasteiger partial charge in [0.1, 0.15) is 5.75 Å². The highest BCUT2D eigenvalue weighted by Gasteiger charge is 2.26. The van der Waals surface area contributed by atoms with Crippen LogP contribution in [0.5, 0.6) is 5.75 Å². The Morgan fingerprint density at radius 3 is 2.61 bits per heavy atom. The standard InChI is InChI=1S/C15H23NO2/c1-15(2)12-16(10-11-18-15)9-8-13-4-6-14(17-3)7-5-13/h4-7H,8-12H2,1-3H3.